The summed E-state index contributed by atoms with van der Waals surface area (Å²) in [6.45, 7) is 6.83. The van der Waals surface area contributed by atoms with Crippen LogP contribution in [0, 0.1) is 0 Å². The summed E-state index contributed by atoms with van der Waals surface area (Å²) in [5.41, 5.74) is 0. The standard InChI is InChI=1S/C11H12O3.C6H6O.C3H4O2/c1-2-11(12)14-9-8-13-10-6-4-3-5-7-10;7-6-4-2-1-3-5-6;1-2-3(4)5/h2-7H,1,8-9H2;1-5,7H;2H,1H2,(H,4,5). The van der Waals surface area contributed by atoms with Gasteiger partial charge in [0, 0.05) is 12.2 Å². The minimum Gasteiger partial charge on any atom is -0.508 e. The lowest BCUT2D eigenvalue weighted by Crippen LogP contribution is -2.09. The smallest absolute Gasteiger partial charge is 0.330 e. The Kier molecular flexibility index (Phi) is 13.0. The molecule has 6 heteroatoms. The van der Waals surface area contributed by atoms with Gasteiger partial charge < -0.3 is 19.7 Å². The largest absolute Gasteiger partial charge is 0.508 e. The van der Waals surface area contributed by atoms with E-state index >= 15 is 0 Å². The molecule has 0 aliphatic rings. The third kappa shape index (κ3) is 14.1. The summed E-state index contributed by atoms with van der Waals surface area (Å²) in [6, 6.07) is 18.1. The van der Waals surface area contributed by atoms with Gasteiger partial charge in [0.2, 0.25) is 0 Å². The van der Waals surface area contributed by atoms with Crippen LogP contribution in [0.1, 0.15) is 0 Å². The van der Waals surface area contributed by atoms with Gasteiger partial charge in [-0.1, -0.05) is 49.6 Å². The van der Waals surface area contributed by atoms with Crippen molar-refractivity contribution >= 4 is 11.9 Å². The lowest BCUT2D eigenvalue weighted by atomic mass is 10.3. The van der Waals surface area contributed by atoms with E-state index in [1.54, 1.807) is 24.3 Å². The number of carboxylic acids is 1. The number of rotatable bonds is 6. The number of phenols is 1. The molecule has 2 aromatic rings. The number of para-hydroxylation sites is 2. The highest BCUT2D eigenvalue weighted by atomic mass is 16.6. The molecule has 0 bridgehead atoms. The molecule has 0 amide bonds. The molecular formula is C20H22O6. The monoisotopic (exact) mass is 358 g/mol. The molecular weight excluding hydrogens is 336 g/mol. The summed E-state index contributed by atoms with van der Waals surface area (Å²) in [4.78, 5) is 19.9. The van der Waals surface area contributed by atoms with E-state index < -0.39 is 11.9 Å². The topological polar surface area (TPSA) is 93.1 Å². The van der Waals surface area contributed by atoms with Gasteiger partial charge in [0.15, 0.2) is 0 Å². The number of carboxylic acid groups (broad SMARTS) is 1. The van der Waals surface area contributed by atoms with Gasteiger partial charge in [0.25, 0.3) is 0 Å². The van der Waals surface area contributed by atoms with Crippen LogP contribution in [0.15, 0.2) is 86.0 Å². The number of ether oxygens (including phenoxy) is 2. The van der Waals surface area contributed by atoms with E-state index in [-0.39, 0.29) is 6.61 Å². The fourth-order valence-corrected chi connectivity index (χ4v) is 1.31. The summed E-state index contributed by atoms with van der Waals surface area (Å²) in [6.07, 6.45) is 1.96. The molecule has 0 aliphatic heterocycles. The number of aromatic hydroxyl groups is 1. The Labute approximate surface area is 152 Å². The summed E-state index contributed by atoms with van der Waals surface area (Å²) >= 11 is 0. The zero-order valence-electron chi connectivity index (χ0n) is 14.3. The van der Waals surface area contributed by atoms with Crippen molar-refractivity contribution in [2.45, 2.75) is 0 Å². The van der Waals surface area contributed by atoms with E-state index in [0.717, 1.165) is 17.9 Å². The average Bonchev–Trinajstić information content (AvgIpc) is 2.67. The van der Waals surface area contributed by atoms with Gasteiger partial charge in [-0.25, -0.2) is 9.59 Å². The molecule has 0 aromatic heterocycles. The molecule has 0 saturated carbocycles. The average molecular weight is 358 g/mol. The molecule has 0 saturated heterocycles. The first-order valence-corrected chi connectivity index (χ1v) is 7.56. The Morgan fingerprint density at radius 1 is 0.885 bits per heavy atom. The van der Waals surface area contributed by atoms with Crippen LogP contribution in [-0.2, 0) is 14.3 Å². The molecule has 6 nitrogen and oxygen atoms in total. The van der Waals surface area contributed by atoms with E-state index in [4.69, 9.17) is 19.7 Å². The first kappa shape index (κ1) is 22.5. The zero-order valence-corrected chi connectivity index (χ0v) is 14.3. The van der Waals surface area contributed by atoms with Crippen molar-refractivity contribution in [1.82, 2.24) is 0 Å². The van der Waals surface area contributed by atoms with Crippen LogP contribution in [0.5, 0.6) is 11.5 Å². The highest BCUT2D eigenvalue weighted by Crippen LogP contribution is 2.07. The Hall–Kier alpha value is -3.54. The summed E-state index contributed by atoms with van der Waals surface area (Å²) in [7, 11) is 0. The molecule has 2 N–H and O–H groups in total. The molecule has 0 radical (unpaired) electrons. The first-order valence-electron chi connectivity index (χ1n) is 7.56. The van der Waals surface area contributed by atoms with Crippen molar-refractivity contribution in [3.8, 4) is 11.5 Å². The summed E-state index contributed by atoms with van der Waals surface area (Å²) < 4.78 is 10.0. The van der Waals surface area contributed by atoms with Gasteiger partial charge >= 0.3 is 11.9 Å². The molecule has 0 fully saturated rings. The van der Waals surface area contributed by atoms with Crippen molar-refractivity contribution in [1.29, 1.82) is 0 Å². The molecule has 138 valence electrons. The second-order valence-electron chi connectivity index (χ2n) is 4.41. The maximum atomic E-state index is 10.6. The van der Waals surface area contributed by atoms with Crippen molar-refractivity contribution in [3.05, 3.63) is 86.0 Å². The van der Waals surface area contributed by atoms with Crippen LogP contribution >= 0.6 is 0 Å². The third-order valence-corrected chi connectivity index (χ3v) is 2.44. The van der Waals surface area contributed by atoms with Gasteiger partial charge in [-0.05, 0) is 24.3 Å². The molecule has 0 spiro atoms. The van der Waals surface area contributed by atoms with Crippen molar-refractivity contribution in [2.24, 2.45) is 0 Å². The third-order valence-electron chi connectivity index (χ3n) is 2.44. The second-order valence-corrected chi connectivity index (χ2v) is 4.41. The number of hydrogen-bond donors (Lipinski definition) is 2. The Bertz CT molecular complexity index is 653. The van der Waals surface area contributed by atoms with Crippen LogP contribution in [0.25, 0.3) is 0 Å². The van der Waals surface area contributed by atoms with Gasteiger partial charge in [-0.3, -0.25) is 0 Å². The van der Waals surface area contributed by atoms with Crippen LogP contribution in [-0.4, -0.2) is 35.4 Å². The highest BCUT2D eigenvalue weighted by molar-refractivity contribution is 5.81. The van der Waals surface area contributed by atoms with Crippen molar-refractivity contribution < 1.29 is 29.3 Å². The Balaban J connectivity index is 0.000000431. The fraction of sp³-hybridized carbons (Fsp3) is 0.100. The van der Waals surface area contributed by atoms with E-state index in [0.29, 0.717) is 12.4 Å². The quantitative estimate of drug-likeness (QED) is 0.467. The van der Waals surface area contributed by atoms with Crippen LogP contribution in [0.2, 0.25) is 0 Å². The first-order chi connectivity index (χ1) is 12.5. The number of carbonyl (C=O) groups is 2. The maximum Gasteiger partial charge on any atom is 0.330 e. The number of aliphatic carboxylic acids is 1. The Morgan fingerprint density at radius 3 is 1.77 bits per heavy atom. The molecule has 2 aromatic carbocycles. The molecule has 2 rings (SSSR count). The second kappa shape index (κ2) is 15.0. The minimum atomic E-state index is -0.981. The summed E-state index contributed by atoms with van der Waals surface area (Å²) in [5, 5.41) is 16.2. The zero-order chi connectivity index (χ0) is 19.6. The number of benzene rings is 2. The van der Waals surface area contributed by atoms with Gasteiger partial charge in [-0.2, -0.15) is 0 Å². The lowest BCUT2D eigenvalue weighted by Gasteiger charge is -2.05. The van der Waals surface area contributed by atoms with Crippen LogP contribution < -0.4 is 4.74 Å². The number of carbonyl (C=O) groups excluding carboxylic acids is 1. The minimum absolute atomic E-state index is 0.236. The normalized spacial score (nSPS) is 8.46. The molecule has 0 unspecified atom stereocenters. The number of phenolic OH excluding ortho intramolecular Hbond substituents is 1. The Morgan fingerprint density at radius 2 is 1.38 bits per heavy atom. The van der Waals surface area contributed by atoms with Gasteiger partial charge in [0.05, 0.1) is 0 Å². The summed E-state index contributed by atoms with van der Waals surface area (Å²) in [5.74, 6) is -0.323. The van der Waals surface area contributed by atoms with Crippen molar-refractivity contribution in [3.63, 3.8) is 0 Å². The van der Waals surface area contributed by atoms with Gasteiger partial charge in [0.1, 0.15) is 24.7 Å². The molecule has 0 atom stereocenters. The van der Waals surface area contributed by atoms with Gasteiger partial charge in [-0.15, -0.1) is 0 Å². The SMILES string of the molecule is C=CC(=O)O.C=CC(=O)OCCOc1ccccc1.Oc1ccccc1. The number of esters is 1. The fourth-order valence-electron chi connectivity index (χ4n) is 1.31. The molecule has 26 heavy (non-hydrogen) atoms. The highest BCUT2D eigenvalue weighted by Gasteiger charge is 1.95. The van der Waals surface area contributed by atoms with Crippen molar-refractivity contribution in [2.75, 3.05) is 13.2 Å². The predicted molar refractivity (Wildman–Crippen MR) is 99.0 cm³/mol. The molecule has 0 heterocycles. The van der Waals surface area contributed by atoms with E-state index in [1.165, 1.54) is 0 Å². The van der Waals surface area contributed by atoms with E-state index in [1.807, 2.05) is 36.4 Å². The predicted octanol–water partition coefficient (Wildman–Crippen LogP) is 3.44. The van der Waals surface area contributed by atoms with Crippen LogP contribution in [0.4, 0.5) is 0 Å². The van der Waals surface area contributed by atoms with E-state index in [9.17, 15) is 9.59 Å². The number of hydrogen-bond acceptors (Lipinski definition) is 5. The molecule has 0 aliphatic carbocycles. The maximum absolute atomic E-state index is 10.6. The lowest BCUT2D eigenvalue weighted by molar-refractivity contribution is -0.138. The van der Waals surface area contributed by atoms with Crippen LogP contribution in [0.3, 0.4) is 0 Å². The van der Waals surface area contributed by atoms with E-state index in [2.05, 4.69) is 13.2 Å².